The average Bonchev–Trinajstić information content (AvgIpc) is 3.50. The summed E-state index contributed by atoms with van der Waals surface area (Å²) in [6, 6.07) is 21.1. The van der Waals surface area contributed by atoms with Gasteiger partial charge in [-0.05, 0) is 66.3 Å². The fourth-order valence-electron chi connectivity index (χ4n) is 6.42. The summed E-state index contributed by atoms with van der Waals surface area (Å²) in [5.41, 5.74) is 5.29. The Hall–Kier alpha value is -4.30. The fourth-order valence-corrected chi connectivity index (χ4v) is 6.59. The van der Waals surface area contributed by atoms with E-state index in [2.05, 4.69) is 26.0 Å². The van der Waals surface area contributed by atoms with Gasteiger partial charge < -0.3 is 19.3 Å². The van der Waals surface area contributed by atoms with Gasteiger partial charge in [0.15, 0.2) is 5.69 Å². The smallest absolute Gasteiger partial charge is 0.274 e. The minimum atomic E-state index is -0.124. The van der Waals surface area contributed by atoms with E-state index in [4.69, 9.17) is 26.2 Å². The summed E-state index contributed by atoms with van der Waals surface area (Å²) in [5, 5.41) is 5.38. The van der Waals surface area contributed by atoms with Crippen molar-refractivity contribution >= 4 is 23.4 Å². The highest BCUT2D eigenvalue weighted by Gasteiger charge is 2.34. The van der Waals surface area contributed by atoms with Gasteiger partial charge in [0.1, 0.15) is 5.75 Å². The third-order valence-corrected chi connectivity index (χ3v) is 9.23. The monoisotopic (exact) mass is 640 g/mol. The molecule has 2 aliphatic rings. The van der Waals surface area contributed by atoms with E-state index < -0.39 is 0 Å². The van der Waals surface area contributed by atoms with Crippen LogP contribution >= 0.6 is 11.6 Å². The topological polar surface area (TPSA) is 76.9 Å². The molecule has 4 aromatic rings. The van der Waals surface area contributed by atoms with Crippen LogP contribution in [0.1, 0.15) is 77.9 Å². The van der Waals surface area contributed by atoms with Crippen molar-refractivity contribution in [1.82, 2.24) is 19.6 Å². The van der Waals surface area contributed by atoms with Crippen LogP contribution in [0.5, 0.6) is 11.6 Å². The SMILES string of the molecule is CCCCN(CCCC)C(=O)c1cc2n(n1)-c1ccc(-c3cc(Cl)ccc3OC)cc1C(=O)N1Cc3ccccc3CC1CCO2. The molecule has 9 heteroatoms. The number of carbonyl (C=O) groups is 2. The van der Waals surface area contributed by atoms with Gasteiger partial charge in [-0.3, -0.25) is 9.59 Å². The van der Waals surface area contributed by atoms with Gasteiger partial charge in [0.2, 0.25) is 5.88 Å². The van der Waals surface area contributed by atoms with Gasteiger partial charge in [0.25, 0.3) is 11.8 Å². The van der Waals surface area contributed by atoms with E-state index in [1.807, 2.05) is 52.3 Å². The quantitative estimate of drug-likeness (QED) is 0.188. The van der Waals surface area contributed by atoms with E-state index in [1.54, 1.807) is 23.9 Å². The third-order valence-electron chi connectivity index (χ3n) is 8.99. The molecular weight excluding hydrogens is 600 g/mol. The van der Waals surface area contributed by atoms with E-state index in [1.165, 1.54) is 5.56 Å². The van der Waals surface area contributed by atoms with Crippen LogP contribution in [0.3, 0.4) is 0 Å². The van der Waals surface area contributed by atoms with Crippen LogP contribution in [0, 0.1) is 0 Å². The summed E-state index contributed by atoms with van der Waals surface area (Å²) in [4.78, 5) is 32.4. The summed E-state index contributed by atoms with van der Waals surface area (Å²) in [7, 11) is 1.62. The number of methoxy groups -OCH3 is 1. The number of halogens is 1. The first-order valence-corrected chi connectivity index (χ1v) is 16.7. The molecule has 2 amide bonds. The molecule has 3 heterocycles. The zero-order valence-corrected chi connectivity index (χ0v) is 27.6. The van der Waals surface area contributed by atoms with E-state index in [0.29, 0.717) is 66.3 Å². The van der Waals surface area contributed by atoms with Crippen molar-refractivity contribution in [3.8, 4) is 28.4 Å². The lowest BCUT2D eigenvalue weighted by Gasteiger charge is -2.38. The van der Waals surface area contributed by atoms with Crippen molar-refractivity contribution in [2.75, 3.05) is 26.8 Å². The van der Waals surface area contributed by atoms with Crippen LogP contribution in [0.15, 0.2) is 66.7 Å². The Kier molecular flexibility index (Phi) is 9.64. The zero-order valence-electron chi connectivity index (χ0n) is 26.8. The minimum absolute atomic E-state index is 0.0474. The summed E-state index contributed by atoms with van der Waals surface area (Å²) >= 11 is 6.41. The first-order valence-electron chi connectivity index (χ1n) is 16.3. The van der Waals surface area contributed by atoms with E-state index in [-0.39, 0.29) is 17.9 Å². The second kappa shape index (κ2) is 14.0. The number of nitrogens with zero attached hydrogens (tertiary/aromatic N) is 4. The van der Waals surface area contributed by atoms with E-state index in [0.717, 1.165) is 48.8 Å². The fraction of sp³-hybridized carbons (Fsp3) is 0.378. The minimum Gasteiger partial charge on any atom is -0.496 e. The molecule has 0 fully saturated rings. The Morgan fingerprint density at radius 2 is 1.76 bits per heavy atom. The number of ether oxygens (including phenoxy) is 2. The highest BCUT2D eigenvalue weighted by molar-refractivity contribution is 6.31. The largest absolute Gasteiger partial charge is 0.496 e. The maximum absolute atomic E-state index is 14.7. The zero-order chi connectivity index (χ0) is 32.2. The van der Waals surface area contributed by atoms with Gasteiger partial charge in [-0.2, -0.15) is 9.78 Å². The number of fused-ring (bicyclic) bond motifs is 5. The first kappa shape index (κ1) is 31.7. The summed E-state index contributed by atoms with van der Waals surface area (Å²) in [6.07, 6.45) is 5.23. The van der Waals surface area contributed by atoms with E-state index >= 15 is 0 Å². The number of benzene rings is 3. The lowest BCUT2D eigenvalue weighted by molar-refractivity contribution is 0.0604. The normalized spacial score (nSPS) is 15.6. The Morgan fingerprint density at radius 1 is 1.00 bits per heavy atom. The number of aromatic nitrogens is 2. The van der Waals surface area contributed by atoms with Crippen LogP contribution in [-0.4, -0.2) is 64.2 Å². The number of hydrogen-bond donors (Lipinski definition) is 0. The Balaban J connectivity index is 1.48. The molecule has 3 aromatic carbocycles. The second-order valence-electron chi connectivity index (χ2n) is 12.1. The molecule has 1 atom stereocenters. The van der Waals surface area contributed by atoms with Gasteiger partial charge in [0, 0.05) is 48.7 Å². The van der Waals surface area contributed by atoms with Crippen molar-refractivity contribution in [3.63, 3.8) is 0 Å². The molecule has 0 saturated heterocycles. The Labute approximate surface area is 275 Å². The molecular formula is C37H41ClN4O4. The van der Waals surface area contributed by atoms with Crippen LogP contribution in [0.25, 0.3) is 16.8 Å². The number of rotatable bonds is 9. The molecule has 0 aliphatic carbocycles. The lowest BCUT2D eigenvalue weighted by atomic mass is 9.91. The highest BCUT2D eigenvalue weighted by atomic mass is 35.5. The predicted octanol–water partition coefficient (Wildman–Crippen LogP) is 7.59. The molecule has 46 heavy (non-hydrogen) atoms. The molecule has 0 saturated carbocycles. The van der Waals surface area contributed by atoms with Gasteiger partial charge in [-0.1, -0.05) is 68.6 Å². The number of carbonyl (C=O) groups excluding carboxylic acids is 2. The van der Waals surface area contributed by atoms with Crippen molar-refractivity contribution < 1.29 is 19.1 Å². The van der Waals surface area contributed by atoms with Crippen LogP contribution in [-0.2, 0) is 13.0 Å². The maximum Gasteiger partial charge on any atom is 0.274 e. The van der Waals surface area contributed by atoms with Gasteiger partial charge in [0.05, 0.1) is 25.0 Å². The number of unbranched alkanes of at least 4 members (excludes halogenated alkanes) is 2. The molecule has 0 radical (unpaired) electrons. The first-order chi connectivity index (χ1) is 22.4. The Morgan fingerprint density at radius 3 is 2.50 bits per heavy atom. The van der Waals surface area contributed by atoms with Crippen molar-refractivity contribution in [2.24, 2.45) is 0 Å². The molecule has 0 bridgehead atoms. The van der Waals surface area contributed by atoms with Crippen molar-refractivity contribution in [2.45, 2.75) is 65.0 Å². The van der Waals surface area contributed by atoms with Crippen LogP contribution in [0.2, 0.25) is 5.02 Å². The van der Waals surface area contributed by atoms with E-state index in [9.17, 15) is 9.59 Å². The number of hydrogen-bond acceptors (Lipinski definition) is 5. The molecule has 0 spiro atoms. The summed E-state index contributed by atoms with van der Waals surface area (Å²) in [5.74, 6) is 0.875. The molecule has 1 aromatic heterocycles. The molecule has 1 unspecified atom stereocenters. The summed E-state index contributed by atoms with van der Waals surface area (Å²) in [6.45, 7) is 6.49. The Bertz CT molecular complexity index is 1730. The molecule has 8 nitrogen and oxygen atoms in total. The van der Waals surface area contributed by atoms with Crippen molar-refractivity contribution in [3.05, 3.63) is 94.1 Å². The van der Waals surface area contributed by atoms with Crippen molar-refractivity contribution in [1.29, 1.82) is 0 Å². The molecule has 0 N–H and O–H groups in total. The second-order valence-corrected chi connectivity index (χ2v) is 12.5. The third kappa shape index (κ3) is 6.36. The maximum atomic E-state index is 14.7. The van der Waals surface area contributed by atoms with Gasteiger partial charge in [-0.15, -0.1) is 0 Å². The lowest BCUT2D eigenvalue weighted by Crippen LogP contribution is -2.45. The average molecular weight is 641 g/mol. The van der Waals surface area contributed by atoms with Crippen LogP contribution in [0.4, 0.5) is 0 Å². The highest BCUT2D eigenvalue weighted by Crippen LogP contribution is 2.37. The standard InChI is InChI=1S/C37H41ClN4O4/c1-4-6-17-40(18-7-5-2)37(44)32-23-35-42(39-32)33-14-12-26(30-22-28(38)13-15-34(30)45-3)21-31(33)36(43)41-24-27-11-9-8-10-25(27)20-29(41)16-19-46-35/h8-15,21-23,29H,4-7,16-20,24H2,1-3H3. The van der Waals surface area contributed by atoms with Crippen LogP contribution < -0.4 is 9.47 Å². The molecule has 6 rings (SSSR count). The molecule has 2 aliphatic heterocycles. The van der Waals surface area contributed by atoms with Gasteiger partial charge >= 0.3 is 0 Å². The molecule has 240 valence electrons. The van der Waals surface area contributed by atoms with Gasteiger partial charge in [-0.25, -0.2) is 0 Å². The number of amides is 2. The summed E-state index contributed by atoms with van der Waals surface area (Å²) < 4.78 is 13.7. The predicted molar refractivity (Wildman–Crippen MR) is 180 cm³/mol.